The first-order chi connectivity index (χ1) is 15.3. The average molecular weight is 462 g/mol. The van der Waals surface area contributed by atoms with Gasteiger partial charge in [0.25, 0.3) is 10.0 Å². The van der Waals surface area contributed by atoms with Gasteiger partial charge in [0.2, 0.25) is 23.5 Å². The average Bonchev–Trinajstić information content (AvgIpc) is 3.28. The molecule has 0 atom stereocenters. The van der Waals surface area contributed by atoms with E-state index in [2.05, 4.69) is 20.0 Å². The summed E-state index contributed by atoms with van der Waals surface area (Å²) >= 11 is 0. The van der Waals surface area contributed by atoms with Crippen molar-refractivity contribution >= 4 is 28.0 Å². The van der Waals surface area contributed by atoms with Crippen molar-refractivity contribution < 1.29 is 36.6 Å². The van der Waals surface area contributed by atoms with Gasteiger partial charge in [-0.3, -0.25) is 5.32 Å². The van der Waals surface area contributed by atoms with Crippen LogP contribution in [0, 0.1) is 0 Å². The van der Waals surface area contributed by atoms with E-state index in [1.807, 2.05) is 4.72 Å². The van der Waals surface area contributed by atoms with Crippen LogP contribution in [0.5, 0.6) is 11.8 Å². The Morgan fingerprint density at radius 2 is 1.62 bits per heavy atom. The van der Waals surface area contributed by atoms with E-state index in [0.717, 1.165) is 0 Å². The number of carbonyl (C=O) groups excluding carboxylic acids is 2. The van der Waals surface area contributed by atoms with E-state index in [0.29, 0.717) is 0 Å². The lowest BCUT2D eigenvalue weighted by Crippen LogP contribution is -2.35. The molecule has 2 aromatic heterocycles. The molecule has 0 saturated heterocycles. The lowest BCUT2D eigenvalue weighted by atomic mass is 10.2. The summed E-state index contributed by atoms with van der Waals surface area (Å²) in [6.45, 7) is 0. The summed E-state index contributed by atoms with van der Waals surface area (Å²) in [5.74, 6) is -0.782. The fourth-order valence-corrected chi connectivity index (χ4v) is 3.69. The first kappa shape index (κ1) is 22.6. The van der Waals surface area contributed by atoms with Gasteiger partial charge in [-0.05, 0) is 24.3 Å². The van der Waals surface area contributed by atoms with Crippen molar-refractivity contribution in [1.29, 1.82) is 0 Å². The van der Waals surface area contributed by atoms with Crippen LogP contribution in [0.3, 0.4) is 0 Å². The molecule has 2 amide bonds. The molecule has 0 saturated carbocycles. The van der Waals surface area contributed by atoms with Crippen molar-refractivity contribution in [3.8, 4) is 23.1 Å². The van der Waals surface area contributed by atoms with Crippen molar-refractivity contribution in [2.24, 2.45) is 0 Å². The molecule has 0 aliphatic carbocycles. The number of sulfonamides is 1. The highest BCUT2D eigenvalue weighted by Crippen LogP contribution is 2.29. The summed E-state index contributed by atoms with van der Waals surface area (Å²) in [6, 6.07) is 8.79. The van der Waals surface area contributed by atoms with Gasteiger partial charge in [0.15, 0.2) is 0 Å². The van der Waals surface area contributed by atoms with Gasteiger partial charge in [-0.2, -0.15) is 9.97 Å². The zero-order valence-corrected chi connectivity index (χ0v) is 17.9. The van der Waals surface area contributed by atoms with Crippen molar-refractivity contribution in [3.63, 3.8) is 0 Å². The summed E-state index contributed by atoms with van der Waals surface area (Å²) in [6.07, 6.45) is 0. The molecule has 0 spiro atoms. The minimum atomic E-state index is -4.36. The topological polar surface area (TPSA) is 159 Å². The van der Waals surface area contributed by atoms with Crippen LogP contribution >= 0.6 is 0 Å². The molecule has 0 fully saturated rings. The van der Waals surface area contributed by atoms with Gasteiger partial charge in [-0.1, -0.05) is 12.1 Å². The molecule has 168 valence electrons. The molecule has 13 heteroatoms. The summed E-state index contributed by atoms with van der Waals surface area (Å²) in [5.41, 5.74) is 0.127. The van der Waals surface area contributed by atoms with E-state index in [1.54, 1.807) is 6.07 Å². The Bertz CT molecular complexity index is 1230. The number of methoxy groups -OCH3 is 3. The predicted molar refractivity (Wildman–Crippen MR) is 110 cm³/mol. The predicted octanol–water partition coefficient (Wildman–Crippen LogP) is 2.05. The SMILES string of the molecule is COC(=O)c1ccc(-c2ccccc2S(=O)(=O)NC(=O)Nc2nc(OC)cc(OC)n2)o1. The number of urea groups is 1. The van der Waals surface area contributed by atoms with E-state index < -0.39 is 22.0 Å². The van der Waals surface area contributed by atoms with Crippen LogP contribution in [0.25, 0.3) is 11.3 Å². The highest BCUT2D eigenvalue weighted by Gasteiger charge is 2.24. The molecule has 32 heavy (non-hydrogen) atoms. The number of ether oxygens (including phenoxy) is 3. The smallest absolute Gasteiger partial charge is 0.373 e. The number of amides is 2. The highest BCUT2D eigenvalue weighted by atomic mass is 32.2. The number of nitrogens with zero attached hydrogens (tertiary/aromatic N) is 2. The number of furan rings is 1. The molecule has 12 nitrogen and oxygen atoms in total. The van der Waals surface area contributed by atoms with Crippen molar-refractivity contribution in [1.82, 2.24) is 14.7 Å². The van der Waals surface area contributed by atoms with Gasteiger partial charge in [-0.25, -0.2) is 22.7 Å². The number of hydrogen-bond acceptors (Lipinski definition) is 10. The molecule has 2 heterocycles. The molecular weight excluding hydrogens is 444 g/mol. The first-order valence-electron chi connectivity index (χ1n) is 8.86. The lowest BCUT2D eigenvalue weighted by Gasteiger charge is -2.11. The van der Waals surface area contributed by atoms with Gasteiger partial charge in [0, 0.05) is 5.56 Å². The van der Waals surface area contributed by atoms with Crippen LogP contribution in [-0.2, 0) is 14.8 Å². The fourth-order valence-electron chi connectivity index (χ4n) is 2.57. The maximum Gasteiger partial charge on any atom is 0.373 e. The Hall–Kier alpha value is -4.13. The molecule has 3 aromatic rings. The van der Waals surface area contributed by atoms with Gasteiger partial charge in [0.05, 0.1) is 32.3 Å². The van der Waals surface area contributed by atoms with Crippen LogP contribution in [0.4, 0.5) is 10.7 Å². The Labute approximate surface area is 182 Å². The molecular formula is C19H18N4O8S. The van der Waals surface area contributed by atoms with E-state index in [9.17, 15) is 18.0 Å². The number of benzene rings is 1. The maximum absolute atomic E-state index is 12.9. The zero-order valence-electron chi connectivity index (χ0n) is 17.1. The summed E-state index contributed by atoms with van der Waals surface area (Å²) < 4.78 is 47.6. The Kier molecular flexibility index (Phi) is 6.59. The van der Waals surface area contributed by atoms with Crippen LogP contribution < -0.4 is 19.5 Å². The number of esters is 1. The quantitative estimate of drug-likeness (QED) is 0.498. The molecule has 1 aromatic carbocycles. The molecule has 3 rings (SSSR count). The monoisotopic (exact) mass is 462 g/mol. The molecule has 0 aliphatic heterocycles. The second-order valence-electron chi connectivity index (χ2n) is 5.99. The van der Waals surface area contributed by atoms with Gasteiger partial charge >= 0.3 is 12.0 Å². The largest absolute Gasteiger partial charge is 0.481 e. The summed E-state index contributed by atoms with van der Waals surface area (Å²) in [4.78, 5) is 31.5. The molecule has 0 bridgehead atoms. The number of nitrogens with one attached hydrogen (secondary N) is 2. The minimum absolute atomic E-state index is 0.0904. The summed E-state index contributed by atoms with van der Waals surface area (Å²) in [5, 5.41) is 2.21. The third-order valence-corrected chi connectivity index (χ3v) is 5.37. The Balaban J connectivity index is 1.85. The molecule has 0 radical (unpaired) electrons. The van der Waals surface area contributed by atoms with E-state index in [1.165, 1.54) is 57.7 Å². The van der Waals surface area contributed by atoms with Gasteiger partial charge in [0.1, 0.15) is 5.76 Å². The van der Waals surface area contributed by atoms with Crippen LogP contribution in [-0.4, -0.2) is 51.7 Å². The van der Waals surface area contributed by atoms with Crippen LogP contribution in [0.1, 0.15) is 10.6 Å². The third-order valence-electron chi connectivity index (χ3n) is 3.98. The van der Waals surface area contributed by atoms with Crippen LogP contribution in [0.15, 0.2) is 51.8 Å². The molecule has 0 unspecified atom stereocenters. The van der Waals surface area contributed by atoms with Crippen molar-refractivity contribution in [3.05, 3.63) is 48.2 Å². The maximum atomic E-state index is 12.9. The highest BCUT2D eigenvalue weighted by molar-refractivity contribution is 7.90. The summed E-state index contributed by atoms with van der Waals surface area (Å²) in [7, 11) is -0.466. The zero-order chi connectivity index (χ0) is 23.3. The number of rotatable bonds is 7. The number of aromatic nitrogens is 2. The Morgan fingerprint density at radius 1 is 0.969 bits per heavy atom. The first-order valence-corrected chi connectivity index (χ1v) is 10.3. The van der Waals surface area contributed by atoms with Crippen LogP contribution in [0.2, 0.25) is 0 Å². The third kappa shape index (κ3) is 4.95. The second kappa shape index (κ2) is 9.34. The van der Waals surface area contributed by atoms with Gasteiger partial charge in [-0.15, -0.1) is 0 Å². The Morgan fingerprint density at radius 3 is 2.25 bits per heavy atom. The number of anilines is 1. The van der Waals surface area contributed by atoms with E-state index in [4.69, 9.17) is 13.9 Å². The van der Waals surface area contributed by atoms with E-state index >= 15 is 0 Å². The minimum Gasteiger partial charge on any atom is -0.481 e. The molecule has 2 N–H and O–H groups in total. The number of carbonyl (C=O) groups is 2. The van der Waals surface area contributed by atoms with E-state index in [-0.39, 0.29) is 39.7 Å². The fraction of sp³-hybridized carbons (Fsp3) is 0.158. The molecule has 0 aliphatic rings. The lowest BCUT2D eigenvalue weighted by molar-refractivity contribution is 0.0566. The second-order valence-corrected chi connectivity index (χ2v) is 7.64. The van der Waals surface area contributed by atoms with Gasteiger partial charge < -0.3 is 18.6 Å². The van der Waals surface area contributed by atoms with Crippen molar-refractivity contribution in [2.75, 3.05) is 26.6 Å². The normalized spacial score (nSPS) is 10.8. The standard InChI is InChI=1S/C19H18N4O8S/c1-28-15-10-16(29-2)21-18(20-15)22-19(25)23-32(26,27)14-7-5-4-6-11(14)12-8-9-13(31-12)17(24)30-3/h4-10H,1-3H3,(H2,20,21,22,23,25). The van der Waals surface area contributed by atoms with Crippen molar-refractivity contribution in [2.45, 2.75) is 4.90 Å². The number of hydrogen-bond donors (Lipinski definition) is 2.